The van der Waals surface area contributed by atoms with Crippen LogP contribution < -0.4 is 11.1 Å². The van der Waals surface area contributed by atoms with E-state index in [4.69, 9.17) is 10.9 Å². The zero-order valence-corrected chi connectivity index (χ0v) is 10.3. The van der Waals surface area contributed by atoms with Crippen LogP contribution in [0.2, 0.25) is 0 Å². The Morgan fingerprint density at radius 1 is 1.56 bits per heavy atom. The van der Waals surface area contributed by atoms with Gasteiger partial charge in [0, 0.05) is 12.0 Å². The zero-order chi connectivity index (χ0) is 13.1. The van der Waals surface area contributed by atoms with Gasteiger partial charge in [-0.15, -0.1) is 0 Å². The van der Waals surface area contributed by atoms with Crippen molar-refractivity contribution in [1.82, 2.24) is 0 Å². The summed E-state index contributed by atoms with van der Waals surface area (Å²) in [5.41, 5.74) is 7.66. The Bertz CT molecular complexity index is 493. The molecule has 18 heavy (non-hydrogen) atoms. The van der Waals surface area contributed by atoms with Crippen LogP contribution in [-0.4, -0.2) is 17.0 Å². The topological polar surface area (TPSA) is 87.7 Å². The van der Waals surface area contributed by atoms with Crippen LogP contribution in [0.15, 0.2) is 23.4 Å². The maximum atomic E-state index is 11.8. The molecule has 5 heteroatoms. The Hall–Kier alpha value is -2.04. The minimum Gasteiger partial charge on any atom is -0.409 e. The number of nitrogens with zero attached hydrogens (tertiary/aromatic N) is 1. The Morgan fingerprint density at radius 3 is 2.89 bits per heavy atom. The molecule has 2 rings (SSSR count). The number of hydrogen-bond donors (Lipinski definition) is 3. The molecule has 0 atom stereocenters. The lowest BCUT2D eigenvalue weighted by Gasteiger charge is -2.12. The number of oxime groups is 1. The number of benzene rings is 1. The van der Waals surface area contributed by atoms with Gasteiger partial charge in [-0.05, 0) is 37.3 Å². The van der Waals surface area contributed by atoms with Gasteiger partial charge >= 0.3 is 0 Å². The van der Waals surface area contributed by atoms with Crippen molar-refractivity contribution in [1.29, 1.82) is 0 Å². The van der Waals surface area contributed by atoms with Gasteiger partial charge in [0.15, 0.2) is 5.84 Å². The molecule has 1 fully saturated rings. The van der Waals surface area contributed by atoms with Crippen molar-refractivity contribution < 1.29 is 10.0 Å². The first kappa shape index (κ1) is 12.4. The lowest BCUT2D eigenvalue weighted by molar-refractivity contribution is -0.116. The molecule has 1 aromatic carbocycles. The fourth-order valence-electron chi connectivity index (χ4n) is 1.95. The number of hydrogen-bond acceptors (Lipinski definition) is 3. The molecule has 0 aromatic heterocycles. The van der Waals surface area contributed by atoms with Crippen LogP contribution in [0.25, 0.3) is 0 Å². The van der Waals surface area contributed by atoms with Crippen LogP contribution in [0.5, 0.6) is 0 Å². The summed E-state index contributed by atoms with van der Waals surface area (Å²) in [5, 5.41) is 14.6. The smallest absolute Gasteiger partial charge is 0.224 e. The van der Waals surface area contributed by atoms with E-state index in [0.29, 0.717) is 23.6 Å². The largest absolute Gasteiger partial charge is 0.409 e. The monoisotopic (exact) mass is 247 g/mol. The summed E-state index contributed by atoms with van der Waals surface area (Å²) in [4.78, 5) is 11.8. The second kappa shape index (κ2) is 5.08. The Kier molecular flexibility index (Phi) is 3.50. The van der Waals surface area contributed by atoms with Gasteiger partial charge < -0.3 is 16.3 Å². The normalized spacial score (nSPS) is 15.5. The number of carbonyl (C=O) groups is 1. The maximum Gasteiger partial charge on any atom is 0.224 e. The Balaban J connectivity index is 2.20. The van der Waals surface area contributed by atoms with E-state index in [0.717, 1.165) is 18.4 Å². The third-order valence-electron chi connectivity index (χ3n) is 3.08. The highest BCUT2D eigenvalue weighted by Crippen LogP contribution is 2.32. The van der Waals surface area contributed by atoms with Crippen molar-refractivity contribution in [2.75, 3.05) is 5.32 Å². The number of nitrogens with two attached hydrogens (primary N) is 1. The molecular formula is C13H17N3O2. The quantitative estimate of drug-likeness (QED) is 0.328. The molecule has 0 spiro atoms. The van der Waals surface area contributed by atoms with Gasteiger partial charge in [-0.25, -0.2) is 0 Å². The van der Waals surface area contributed by atoms with Crippen molar-refractivity contribution in [2.45, 2.75) is 26.2 Å². The first-order chi connectivity index (χ1) is 8.61. The van der Waals surface area contributed by atoms with Gasteiger partial charge in [-0.1, -0.05) is 17.3 Å². The highest BCUT2D eigenvalue weighted by Gasteiger charge is 2.24. The molecule has 1 saturated carbocycles. The third-order valence-corrected chi connectivity index (χ3v) is 3.08. The van der Waals surface area contributed by atoms with E-state index >= 15 is 0 Å². The van der Waals surface area contributed by atoms with E-state index in [-0.39, 0.29) is 11.7 Å². The zero-order valence-electron chi connectivity index (χ0n) is 10.3. The fourth-order valence-corrected chi connectivity index (χ4v) is 1.95. The average molecular weight is 247 g/mol. The Morgan fingerprint density at radius 2 is 2.28 bits per heavy atom. The number of anilines is 1. The molecule has 1 aromatic rings. The summed E-state index contributed by atoms with van der Waals surface area (Å²) < 4.78 is 0. The number of aryl methyl sites for hydroxylation is 1. The van der Waals surface area contributed by atoms with E-state index in [1.165, 1.54) is 0 Å². The molecular weight excluding hydrogens is 230 g/mol. The van der Waals surface area contributed by atoms with Gasteiger partial charge in [0.1, 0.15) is 0 Å². The minimum absolute atomic E-state index is 0.00909. The van der Waals surface area contributed by atoms with E-state index in [1.807, 2.05) is 19.1 Å². The summed E-state index contributed by atoms with van der Waals surface area (Å²) in [5.74, 6) is 0.520. The molecule has 96 valence electrons. The highest BCUT2D eigenvalue weighted by molar-refractivity contribution is 6.06. The molecule has 1 amide bonds. The van der Waals surface area contributed by atoms with Crippen LogP contribution in [0.4, 0.5) is 5.69 Å². The first-order valence-electron chi connectivity index (χ1n) is 5.99. The van der Waals surface area contributed by atoms with Crippen molar-refractivity contribution in [3.63, 3.8) is 0 Å². The van der Waals surface area contributed by atoms with Gasteiger partial charge in [-0.2, -0.15) is 0 Å². The summed E-state index contributed by atoms with van der Waals surface area (Å²) in [7, 11) is 0. The van der Waals surface area contributed by atoms with Gasteiger partial charge in [0.05, 0.1) is 5.69 Å². The lowest BCUT2D eigenvalue weighted by Crippen LogP contribution is -2.20. The maximum absolute atomic E-state index is 11.8. The molecule has 0 aliphatic heterocycles. The predicted octanol–water partition coefficient (Wildman–Crippen LogP) is 1.83. The first-order valence-corrected chi connectivity index (χ1v) is 5.99. The highest BCUT2D eigenvalue weighted by atomic mass is 16.4. The molecule has 5 nitrogen and oxygen atoms in total. The van der Waals surface area contributed by atoms with Crippen molar-refractivity contribution >= 4 is 17.4 Å². The minimum atomic E-state index is -0.0184. The van der Waals surface area contributed by atoms with Crippen molar-refractivity contribution in [3.05, 3.63) is 29.3 Å². The number of carbonyl (C=O) groups excluding carboxylic acids is 1. The van der Waals surface area contributed by atoms with Crippen LogP contribution >= 0.6 is 0 Å². The standard InChI is InChI=1S/C13H17N3O2/c1-8-3-2-4-10(12(8)13(14)16-18)15-11(17)7-9-5-6-9/h2-4,9,18H,5-7H2,1H3,(H2,14,16)(H,15,17). The van der Waals surface area contributed by atoms with E-state index in [2.05, 4.69) is 10.5 Å². The number of rotatable bonds is 4. The molecule has 0 bridgehead atoms. The average Bonchev–Trinajstić information content (AvgIpc) is 3.12. The third kappa shape index (κ3) is 2.80. The number of nitrogens with one attached hydrogen (secondary N) is 1. The molecule has 0 heterocycles. The van der Waals surface area contributed by atoms with E-state index < -0.39 is 0 Å². The second-order valence-corrected chi connectivity index (χ2v) is 4.68. The number of amidine groups is 1. The van der Waals surface area contributed by atoms with Crippen LogP contribution in [0, 0.1) is 12.8 Å². The van der Waals surface area contributed by atoms with Crippen LogP contribution in [-0.2, 0) is 4.79 Å². The van der Waals surface area contributed by atoms with E-state index in [1.54, 1.807) is 6.07 Å². The summed E-state index contributed by atoms with van der Waals surface area (Å²) in [6.07, 6.45) is 2.81. The number of amides is 1. The van der Waals surface area contributed by atoms with Gasteiger partial charge in [-0.3, -0.25) is 4.79 Å². The fraction of sp³-hybridized carbons (Fsp3) is 0.385. The second-order valence-electron chi connectivity index (χ2n) is 4.68. The molecule has 0 saturated heterocycles. The molecule has 1 aliphatic carbocycles. The SMILES string of the molecule is Cc1cccc(NC(=O)CC2CC2)c1/C(N)=N/O. The summed E-state index contributed by atoms with van der Waals surface area (Å²) in [6, 6.07) is 5.44. The van der Waals surface area contributed by atoms with Gasteiger partial charge in [0.25, 0.3) is 0 Å². The van der Waals surface area contributed by atoms with Crippen LogP contribution in [0.1, 0.15) is 30.4 Å². The van der Waals surface area contributed by atoms with Gasteiger partial charge in [0.2, 0.25) is 5.91 Å². The molecule has 0 unspecified atom stereocenters. The summed E-state index contributed by atoms with van der Waals surface area (Å²) in [6.45, 7) is 1.85. The van der Waals surface area contributed by atoms with Crippen molar-refractivity contribution in [3.8, 4) is 0 Å². The van der Waals surface area contributed by atoms with Crippen LogP contribution in [0.3, 0.4) is 0 Å². The summed E-state index contributed by atoms with van der Waals surface area (Å²) >= 11 is 0. The molecule has 4 N–H and O–H groups in total. The lowest BCUT2D eigenvalue weighted by atomic mass is 10.1. The van der Waals surface area contributed by atoms with Crippen molar-refractivity contribution in [2.24, 2.45) is 16.8 Å². The van der Waals surface area contributed by atoms with E-state index in [9.17, 15) is 4.79 Å². The molecule has 0 radical (unpaired) electrons. The predicted molar refractivity (Wildman–Crippen MR) is 69.7 cm³/mol. The molecule has 1 aliphatic rings. The Labute approximate surface area is 106 Å².